The lowest BCUT2D eigenvalue weighted by Crippen LogP contribution is -2.35. The number of halogens is 1. The second-order valence-electron chi connectivity index (χ2n) is 4.08. The zero-order valence-corrected chi connectivity index (χ0v) is 12.5. The monoisotopic (exact) mass is 343 g/mol. The molecule has 1 aromatic heterocycles. The third kappa shape index (κ3) is 1.93. The number of sulfonamides is 1. The van der Waals surface area contributed by atoms with Crippen molar-refractivity contribution in [2.75, 3.05) is 5.73 Å². The number of nitrogens with two attached hydrogens (primary N) is 1. The Morgan fingerprint density at radius 2 is 1.95 bits per heavy atom. The first-order chi connectivity index (χ1) is 9.84. The zero-order valence-electron chi connectivity index (χ0n) is 10.1. The average Bonchev–Trinajstić information content (AvgIpc) is 2.94. The minimum atomic E-state index is -4.35. The lowest BCUT2D eigenvalue weighted by Gasteiger charge is -2.12. The van der Waals surface area contributed by atoms with Gasteiger partial charge in [0.15, 0.2) is 8.68 Å². The predicted molar refractivity (Wildman–Crippen MR) is 75.7 cm³/mol. The molecular formula is C11H6ClN3O4S2. The molecule has 2 N–H and O–H groups in total. The van der Waals surface area contributed by atoms with E-state index in [1.165, 1.54) is 18.2 Å². The molecule has 10 heteroatoms. The number of rotatable bonds is 2. The maximum Gasteiger partial charge on any atom is 0.284 e. The van der Waals surface area contributed by atoms with Gasteiger partial charge in [0.25, 0.3) is 21.8 Å². The van der Waals surface area contributed by atoms with Gasteiger partial charge in [-0.1, -0.05) is 29.0 Å². The SMILES string of the molecule is Nc1cccc2c1C(=O)N(S(=O)(=O)c1cnc(Cl)s1)C2=O. The first kappa shape index (κ1) is 14.0. The molecular weight excluding hydrogens is 338 g/mol. The molecule has 0 fully saturated rings. The molecule has 1 aliphatic rings. The van der Waals surface area contributed by atoms with E-state index in [2.05, 4.69) is 4.98 Å². The van der Waals surface area contributed by atoms with E-state index in [0.29, 0.717) is 11.3 Å². The van der Waals surface area contributed by atoms with Gasteiger partial charge in [-0.15, -0.1) is 0 Å². The molecule has 0 unspecified atom stereocenters. The molecule has 3 rings (SSSR count). The van der Waals surface area contributed by atoms with Gasteiger partial charge in [-0.25, -0.2) is 4.98 Å². The molecule has 0 atom stereocenters. The number of aromatic nitrogens is 1. The highest BCUT2D eigenvalue weighted by Gasteiger charge is 2.45. The topological polar surface area (TPSA) is 110 Å². The minimum Gasteiger partial charge on any atom is -0.398 e. The quantitative estimate of drug-likeness (QED) is 0.651. The molecule has 0 spiro atoms. The molecule has 0 bridgehead atoms. The Labute approximate surface area is 128 Å². The van der Waals surface area contributed by atoms with Gasteiger partial charge in [0.2, 0.25) is 0 Å². The molecule has 0 saturated heterocycles. The summed E-state index contributed by atoms with van der Waals surface area (Å²) in [7, 11) is -4.35. The molecule has 0 radical (unpaired) electrons. The van der Waals surface area contributed by atoms with Crippen molar-refractivity contribution in [1.82, 2.24) is 9.29 Å². The maximum absolute atomic E-state index is 12.4. The summed E-state index contributed by atoms with van der Waals surface area (Å²) in [6.45, 7) is 0. The summed E-state index contributed by atoms with van der Waals surface area (Å²) in [4.78, 5) is 28.1. The number of imide groups is 1. The van der Waals surface area contributed by atoms with Crippen LogP contribution in [0.2, 0.25) is 4.47 Å². The van der Waals surface area contributed by atoms with Gasteiger partial charge in [0.05, 0.1) is 17.3 Å². The first-order valence-corrected chi connectivity index (χ1v) is 8.11. The fourth-order valence-corrected chi connectivity index (χ4v) is 4.64. The van der Waals surface area contributed by atoms with Crippen molar-refractivity contribution in [2.24, 2.45) is 0 Å². The number of nitrogen functional groups attached to an aromatic ring is 1. The van der Waals surface area contributed by atoms with E-state index < -0.39 is 21.8 Å². The second kappa shape index (κ2) is 4.52. The highest BCUT2D eigenvalue weighted by atomic mass is 35.5. The predicted octanol–water partition coefficient (Wildman–Crippen LogP) is 1.36. The largest absolute Gasteiger partial charge is 0.398 e. The number of thiazole rings is 1. The van der Waals surface area contributed by atoms with Crippen LogP contribution < -0.4 is 5.73 Å². The fourth-order valence-electron chi connectivity index (χ4n) is 1.96. The number of fused-ring (bicyclic) bond motifs is 1. The number of amides is 2. The summed E-state index contributed by atoms with van der Waals surface area (Å²) in [6.07, 6.45) is 0.995. The van der Waals surface area contributed by atoms with E-state index in [1.807, 2.05) is 0 Å². The number of benzene rings is 1. The standard InChI is InChI=1S/C11H6ClN3O4S2/c12-11-14-4-7(20-11)21(18,19)15-9(16)5-2-1-3-6(13)8(5)10(15)17/h1-4H,13H2. The highest BCUT2D eigenvalue weighted by molar-refractivity contribution is 7.92. The number of carbonyl (C=O) groups excluding carboxylic acids is 2. The van der Waals surface area contributed by atoms with Crippen molar-refractivity contribution < 1.29 is 18.0 Å². The van der Waals surface area contributed by atoms with Crippen molar-refractivity contribution in [3.8, 4) is 0 Å². The average molecular weight is 344 g/mol. The number of carbonyl (C=O) groups is 2. The van der Waals surface area contributed by atoms with Crippen LogP contribution >= 0.6 is 22.9 Å². The van der Waals surface area contributed by atoms with E-state index in [0.717, 1.165) is 6.20 Å². The molecule has 1 aliphatic heterocycles. The lowest BCUT2D eigenvalue weighted by atomic mass is 10.1. The molecule has 1 aromatic carbocycles. The summed E-state index contributed by atoms with van der Waals surface area (Å²) in [5.41, 5.74) is 5.54. The first-order valence-electron chi connectivity index (χ1n) is 5.48. The smallest absolute Gasteiger partial charge is 0.284 e. The van der Waals surface area contributed by atoms with Crippen molar-refractivity contribution >= 4 is 50.5 Å². The molecule has 2 amide bonds. The van der Waals surface area contributed by atoms with Gasteiger partial charge in [0.1, 0.15) is 0 Å². The van der Waals surface area contributed by atoms with E-state index in [1.54, 1.807) is 0 Å². The number of anilines is 1. The van der Waals surface area contributed by atoms with Gasteiger partial charge in [-0.05, 0) is 12.1 Å². The van der Waals surface area contributed by atoms with Crippen LogP contribution in [-0.2, 0) is 10.0 Å². The van der Waals surface area contributed by atoms with Crippen LogP contribution in [0.5, 0.6) is 0 Å². The lowest BCUT2D eigenvalue weighted by molar-refractivity contribution is 0.0766. The third-order valence-electron chi connectivity index (χ3n) is 2.86. The molecule has 2 aromatic rings. The van der Waals surface area contributed by atoms with Crippen LogP contribution in [0, 0.1) is 0 Å². The zero-order chi connectivity index (χ0) is 15.4. The van der Waals surface area contributed by atoms with E-state index in [4.69, 9.17) is 17.3 Å². The van der Waals surface area contributed by atoms with Crippen molar-refractivity contribution in [2.45, 2.75) is 4.21 Å². The maximum atomic E-state index is 12.4. The van der Waals surface area contributed by atoms with Gasteiger partial charge in [-0.2, -0.15) is 12.7 Å². The summed E-state index contributed by atoms with van der Waals surface area (Å²) < 4.78 is 24.7. The molecule has 0 saturated carbocycles. The van der Waals surface area contributed by atoms with Crippen LogP contribution in [0.3, 0.4) is 0 Å². The Balaban J connectivity index is 2.17. The van der Waals surface area contributed by atoms with Gasteiger partial charge >= 0.3 is 0 Å². The van der Waals surface area contributed by atoms with E-state index in [9.17, 15) is 18.0 Å². The minimum absolute atomic E-state index is 0.00954. The molecule has 21 heavy (non-hydrogen) atoms. The Morgan fingerprint density at radius 3 is 2.52 bits per heavy atom. The van der Waals surface area contributed by atoms with Gasteiger partial charge in [0, 0.05) is 5.69 Å². The van der Waals surface area contributed by atoms with E-state index >= 15 is 0 Å². The van der Waals surface area contributed by atoms with Crippen LogP contribution in [0.4, 0.5) is 5.69 Å². The third-order valence-corrected chi connectivity index (χ3v) is 6.08. The molecule has 108 valence electrons. The molecule has 2 heterocycles. The van der Waals surface area contributed by atoms with Gasteiger partial charge in [-0.3, -0.25) is 9.59 Å². The highest BCUT2D eigenvalue weighted by Crippen LogP contribution is 2.34. The number of nitrogens with zero attached hydrogens (tertiary/aromatic N) is 2. The van der Waals surface area contributed by atoms with Crippen molar-refractivity contribution in [1.29, 1.82) is 0 Å². The Morgan fingerprint density at radius 1 is 1.24 bits per heavy atom. The Hall–Kier alpha value is -1.97. The van der Waals surface area contributed by atoms with Crippen molar-refractivity contribution in [3.05, 3.63) is 40.0 Å². The Kier molecular flexibility index (Phi) is 3.01. The molecule has 7 nitrogen and oxygen atoms in total. The van der Waals surface area contributed by atoms with Crippen LogP contribution in [0.15, 0.2) is 28.6 Å². The van der Waals surface area contributed by atoms with Crippen LogP contribution in [0.1, 0.15) is 20.7 Å². The second-order valence-corrected chi connectivity index (χ2v) is 7.71. The van der Waals surface area contributed by atoms with Gasteiger partial charge < -0.3 is 5.73 Å². The number of hydrogen-bond acceptors (Lipinski definition) is 7. The Bertz CT molecular complexity index is 891. The summed E-state index contributed by atoms with van der Waals surface area (Å²) in [5, 5.41) is 0. The summed E-state index contributed by atoms with van der Waals surface area (Å²) in [6, 6.07) is 4.24. The normalized spacial score (nSPS) is 14.6. The van der Waals surface area contributed by atoms with Crippen molar-refractivity contribution in [3.63, 3.8) is 0 Å². The summed E-state index contributed by atoms with van der Waals surface area (Å²) in [5.74, 6) is -1.91. The summed E-state index contributed by atoms with van der Waals surface area (Å²) >= 11 is 6.25. The number of hydrogen-bond donors (Lipinski definition) is 1. The van der Waals surface area contributed by atoms with Crippen LogP contribution in [-0.4, -0.2) is 29.5 Å². The van der Waals surface area contributed by atoms with Crippen LogP contribution in [0.25, 0.3) is 0 Å². The van der Waals surface area contributed by atoms with E-state index in [-0.39, 0.29) is 29.8 Å². The molecule has 0 aliphatic carbocycles. The fraction of sp³-hybridized carbons (Fsp3) is 0.